The summed E-state index contributed by atoms with van der Waals surface area (Å²) >= 11 is 0. The van der Waals surface area contributed by atoms with Gasteiger partial charge in [-0.2, -0.15) is 0 Å². The Morgan fingerprint density at radius 2 is 1.45 bits per heavy atom. The summed E-state index contributed by atoms with van der Waals surface area (Å²) in [5.74, 6) is 0. The molecule has 3 rings (SSSR count). The molecule has 1 fully saturated rings. The highest BCUT2D eigenvalue weighted by Gasteiger charge is 2.46. The first kappa shape index (κ1) is 5.82. The zero-order chi connectivity index (χ0) is 7.31. The van der Waals surface area contributed by atoms with Gasteiger partial charge >= 0.3 is 0 Å². The van der Waals surface area contributed by atoms with Crippen molar-refractivity contribution in [2.45, 2.75) is 25.7 Å². The minimum Gasteiger partial charge on any atom is -0.0620 e. The van der Waals surface area contributed by atoms with Gasteiger partial charge in [-0.3, -0.25) is 0 Å². The van der Waals surface area contributed by atoms with E-state index in [1.54, 1.807) is 11.1 Å². The molecule has 0 amide bonds. The fraction of sp³-hybridized carbons (Fsp3) is 0.455. The van der Waals surface area contributed by atoms with Crippen LogP contribution in [0.3, 0.4) is 0 Å². The summed E-state index contributed by atoms with van der Waals surface area (Å²) in [6, 6.07) is 8.92. The van der Waals surface area contributed by atoms with E-state index in [2.05, 4.69) is 24.3 Å². The second-order valence-corrected chi connectivity index (χ2v) is 4.12. The van der Waals surface area contributed by atoms with Crippen molar-refractivity contribution < 1.29 is 0 Å². The molecule has 0 nitrogen and oxygen atoms in total. The van der Waals surface area contributed by atoms with Crippen molar-refractivity contribution in [3.8, 4) is 0 Å². The summed E-state index contributed by atoms with van der Waals surface area (Å²) < 4.78 is 0. The molecule has 2 aliphatic rings. The normalized spacial score (nSPS) is 23.6. The third kappa shape index (κ3) is 0.756. The van der Waals surface area contributed by atoms with Gasteiger partial charge in [0.15, 0.2) is 0 Å². The summed E-state index contributed by atoms with van der Waals surface area (Å²) in [5.41, 5.74) is 3.99. The molecule has 0 N–H and O–H groups in total. The molecule has 0 heteroatoms. The van der Waals surface area contributed by atoms with Crippen LogP contribution in [0.5, 0.6) is 0 Å². The molecule has 1 spiro atoms. The van der Waals surface area contributed by atoms with Crippen LogP contribution in [-0.2, 0) is 12.8 Å². The fourth-order valence-electron chi connectivity index (χ4n) is 2.30. The molecule has 2 aliphatic carbocycles. The standard InChI is InChI=1S/C11H12/c1-2-4-10-8-11(5-6-11)7-9(10)3-1/h1-4H,5-8H2. The Balaban J connectivity index is 2.08. The lowest BCUT2D eigenvalue weighted by Gasteiger charge is -1.99. The minimum atomic E-state index is 0.754. The van der Waals surface area contributed by atoms with E-state index in [0.717, 1.165) is 5.41 Å². The molecule has 56 valence electrons. The van der Waals surface area contributed by atoms with Gasteiger partial charge in [-0.1, -0.05) is 24.3 Å². The van der Waals surface area contributed by atoms with Crippen LogP contribution in [0.1, 0.15) is 24.0 Å². The molecule has 0 heterocycles. The maximum absolute atomic E-state index is 2.29. The third-order valence-electron chi connectivity index (χ3n) is 3.21. The lowest BCUT2D eigenvalue weighted by atomic mass is 10.0. The summed E-state index contributed by atoms with van der Waals surface area (Å²) in [6.07, 6.45) is 5.68. The van der Waals surface area contributed by atoms with Crippen molar-refractivity contribution in [3.05, 3.63) is 35.4 Å². The van der Waals surface area contributed by atoms with Crippen LogP contribution in [0.2, 0.25) is 0 Å². The van der Waals surface area contributed by atoms with Crippen LogP contribution in [-0.4, -0.2) is 0 Å². The summed E-state index contributed by atoms with van der Waals surface area (Å²) in [6.45, 7) is 0. The number of rotatable bonds is 0. The number of benzene rings is 1. The molecular formula is C11H12. The van der Waals surface area contributed by atoms with Gasteiger partial charge in [0.05, 0.1) is 0 Å². The van der Waals surface area contributed by atoms with Crippen LogP contribution in [0.25, 0.3) is 0 Å². The molecule has 0 bridgehead atoms. The number of hydrogen-bond donors (Lipinski definition) is 0. The van der Waals surface area contributed by atoms with E-state index in [0.29, 0.717) is 0 Å². The van der Waals surface area contributed by atoms with E-state index in [1.165, 1.54) is 25.7 Å². The highest BCUT2D eigenvalue weighted by atomic mass is 14.5. The highest BCUT2D eigenvalue weighted by molar-refractivity contribution is 5.36. The lowest BCUT2D eigenvalue weighted by Crippen LogP contribution is -1.96. The number of fused-ring (bicyclic) bond motifs is 1. The molecule has 0 atom stereocenters. The predicted molar refractivity (Wildman–Crippen MR) is 45.5 cm³/mol. The second-order valence-electron chi connectivity index (χ2n) is 4.12. The van der Waals surface area contributed by atoms with Gasteiger partial charge < -0.3 is 0 Å². The van der Waals surface area contributed by atoms with Gasteiger partial charge in [0, 0.05) is 0 Å². The summed E-state index contributed by atoms with van der Waals surface area (Å²) in [5, 5.41) is 0. The molecular weight excluding hydrogens is 132 g/mol. The number of hydrogen-bond acceptors (Lipinski definition) is 0. The van der Waals surface area contributed by atoms with Crippen molar-refractivity contribution in [2.75, 3.05) is 0 Å². The first-order valence-corrected chi connectivity index (χ1v) is 4.45. The van der Waals surface area contributed by atoms with Crippen molar-refractivity contribution >= 4 is 0 Å². The maximum Gasteiger partial charge on any atom is -0.0216 e. The van der Waals surface area contributed by atoms with E-state index < -0.39 is 0 Å². The summed E-state index contributed by atoms with van der Waals surface area (Å²) in [4.78, 5) is 0. The molecule has 0 aromatic heterocycles. The topological polar surface area (TPSA) is 0 Å². The molecule has 11 heavy (non-hydrogen) atoms. The van der Waals surface area contributed by atoms with Gasteiger partial charge in [-0.25, -0.2) is 0 Å². The van der Waals surface area contributed by atoms with Gasteiger partial charge in [0.1, 0.15) is 0 Å². The van der Waals surface area contributed by atoms with Crippen molar-refractivity contribution in [1.82, 2.24) is 0 Å². The van der Waals surface area contributed by atoms with E-state index >= 15 is 0 Å². The minimum absolute atomic E-state index is 0.754. The van der Waals surface area contributed by atoms with E-state index in [-0.39, 0.29) is 0 Å². The quantitative estimate of drug-likeness (QED) is 0.525. The fourth-order valence-corrected chi connectivity index (χ4v) is 2.30. The van der Waals surface area contributed by atoms with Crippen molar-refractivity contribution in [1.29, 1.82) is 0 Å². The zero-order valence-corrected chi connectivity index (χ0v) is 6.64. The molecule has 0 saturated heterocycles. The molecule has 0 radical (unpaired) electrons. The predicted octanol–water partition coefficient (Wildman–Crippen LogP) is 2.57. The van der Waals surface area contributed by atoms with Crippen LogP contribution < -0.4 is 0 Å². The Kier molecular flexibility index (Phi) is 0.892. The Morgan fingerprint density at radius 3 is 1.91 bits per heavy atom. The lowest BCUT2D eigenvalue weighted by molar-refractivity contribution is 0.549. The third-order valence-corrected chi connectivity index (χ3v) is 3.21. The van der Waals surface area contributed by atoms with Gasteiger partial charge in [-0.15, -0.1) is 0 Å². The average Bonchev–Trinajstić information content (AvgIpc) is 2.66. The molecule has 0 aliphatic heterocycles. The Morgan fingerprint density at radius 1 is 0.909 bits per heavy atom. The molecule has 1 saturated carbocycles. The first-order valence-electron chi connectivity index (χ1n) is 4.45. The largest absolute Gasteiger partial charge is 0.0620 e. The smallest absolute Gasteiger partial charge is 0.0216 e. The summed E-state index contributed by atoms with van der Waals surface area (Å²) in [7, 11) is 0. The Labute approximate surface area is 67.2 Å². The molecule has 0 unspecified atom stereocenters. The van der Waals surface area contributed by atoms with E-state index in [1.807, 2.05) is 0 Å². The Bertz CT molecular complexity index is 268. The van der Waals surface area contributed by atoms with Crippen molar-refractivity contribution in [2.24, 2.45) is 5.41 Å². The van der Waals surface area contributed by atoms with Crippen LogP contribution in [0.15, 0.2) is 24.3 Å². The SMILES string of the molecule is c1ccc2c(c1)CC1(CC1)C2. The van der Waals surface area contributed by atoms with Crippen LogP contribution in [0.4, 0.5) is 0 Å². The molecule has 1 aromatic carbocycles. The molecule has 1 aromatic rings. The monoisotopic (exact) mass is 144 g/mol. The van der Waals surface area contributed by atoms with E-state index in [4.69, 9.17) is 0 Å². The van der Waals surface area contributed by atoms with Crippen LogP contribution >= 0.6 is 0 Å². The van der Waals surface area contributed by atoms with Crippen LogP contribution in [0, 0.1) is 5.41 Å². The Hall–Kier alpha value is -0.780. The first-order chi connectivity index (χ1) is 5.38. The van der Waals surface area contributed by atoms with Crippen molar-refractivity contribution in [3.63, 3.8) is 0 Å². The van der Waals surface area contributed by atoms with Gasteiger partial charge in [-0.05, 0) is 42.2 Å². The van der Waals surface area contributed by atoms with Gasteiger partial charge in [0.2, 0.25) is 0 Å². The highest BCUT2D eigenvalue weighted by Crippen LogP contribution is 2.55. The van der Waals surface area contributed by atoms with E-state index in [9.17, 15) is 0 Å². The maximum atomic E-state index is 2.29. The zero-order valence-electron chi connectivity index (χ0n) is 6.64. The second kappa shape index (κ2) is 1.69. The average molecular weight is 144 g/mol. The van der Waals surface area contributed by atoms with Gasteiger partial charge in [0.25, 0.3) is 0 Å².